The van der Waals surface area contributed by atoms with Gasteiger partial charge in [0.25, 0.3) is 0 Å². The van der Waals surface area contributed by atoms with Crippen LogP contribution in [0.15, 0.2) is 52.3 Å². The first-order valence-corrected chi connectivity index (χ1v) is 7.14. The van der Waals surface area contributed by atoms with Crippen LogP contribution in [-0.2, 0) is 9.84 Å². The van der Waals surface area contributed by atoms with E-state index in [1.54, 1.807) is 24.3 Å². The lowest BCUT2D eigenvalue weighted by molar-refractivity contribution is 0.596. The largest absolute Gasteiger partial charge is 0.398 e. The summed E-state index contributed by atoms with van der Waals surface area (Å²) in [6, 6.07) is 11.0. The van der Waals surface area contributed by atoms with Gasteiger partial charge in [-0.1, -0.05) is 29.3 Å². The SMILES string of the molecule is Cc1ccc(S(=O)(=O)c2ccc(N)c(Cl)c2)cc1. The van der Waals surface area contributed by atoms with Crippen molar-refractivity contribution in [3.8, 4) is 0 Å². The van der Waals surface area contributed by atoms with E-state index in [0.29, 0.717) is 5.69 Å². The minimum Gasteiger partial charge on any atom is -0.398 e. The minimum absolute atomic E-state index is 0.144. The number of anilines is 1. The van der Waals surface area contributed by atoms with Crippen LogP contribution in [0.4, 0.5) is 5.69 Å². The number of nitrogens with two attached hydrogens (primary N) is 1. The molecule has 18 heavy (non-hydrogen) atoms. The third-order valence-corrected chi connectivity index (χ3v) is 4.71. The Morgan fingerprint density at radius 1 is 1.00 bits per heavy atom. The fourth-order valence-electron chi connectivity index (χ4n) is 1.53. The summed E-state index contributed by atoms with van der Waals surface area (Å²) in [5.41, 5.74) is 6.93. The zero-order valence-corrected chi connectivity index (χ0v) is 11.3. The predicted octanol–water partition coefficient (Wildman–Crippen LogP) is 3.06. The quantitative estimate of drug-likeness (QED) is 0.861. The van der Waals surface area contributed by atoms with E-state index in [1.165, 1.54) is 18.2 Å². The molecule has 0 amide bonds. The van der Waals surface area contributed by atoms with E-state index in [9.17, 15) is 8.42 Å². The van der Waals surface area contributed by atoms with Crippen LogP contribution in [0.25, 0.3) is 0 Å². The van der Waals surface area contributed by atoms with Crippen molar-refractivity contribution in [1.29, 1.82) is 0 Å². The van der Waals surface area contributed by atoms with Crippen LogP contribution in [0.1, 0.15) is 5.56 Å². The summed E-state index contributed by atoms with van der Waals surface area (Å²) in [6.45, 7) is 1.90. The van der Waals surface area contributed by atoms with Gasteiger partial charge in [0.2, 0.25) is 9.84 Å². The van der Waals surface area contributed by atoms with Crippen molar-refractivity contribution in [2.45, 2.75) is 16.7 Å². The van der Waals surface area contributed by atoms with Crippen LogP contribution in [-0.4, -0.2) is 8.42 Å². The van der Waals surface area contributed by atoms with E-state index >= 15 is 0 Å². The number of hydrogen-bond acceptors (Lipinski definition) is 3. The maximum Gasteiger partial charge on any atom is 0.206 e. The van der Waals surface area contributed by atoms with Crippen molar-refractivity contribution in [1.82, 2.24) is 0 Å². The average Bonchev–Trinajstić information content (AvgIpc) is 2.33. The molecule has 3 nitrogen and oxygen atoms in total. The lowest BCUT2D eigenvalue weighted by Crippen LogP contribution is -2.02. The topological polar surface area (TPSA) is 60.2 Å². The van der Waals surface area contributed by atoms with Crippen LogP contribution in [0.5, 0.6) is 0 Å². The molecule has 2 rings (SSSR count). The molecule has 0 bridgehead atoms. The predicted molar refractivity (Wildman–Crippen MR) is 72.5 cm³/mol. The molecule has 0 saturated carbocycles. The maximum atomic E-state index is 12.3. The second kappa shape index (κ2) is 4.63. The Balaban J connectivity index is 2.54. The van der Waals surface area contributed by atoms with Gasteiger partial charge in [-0.2, -0.15) is 0 Å². The normalized spacial score (nSPS) is 11.4. The Kier molecular flexibility index (Phi) is 3.32. The third-order valence-electron chi connectivity index (χ3n) is 2.61. The lowest BCUT2D eigenvalue weighted by atomic mass is 10.2. The van der Waals surface area contributed by atoms with Gasteiger partial charge < -0.3 is 5.73 Å². The Hall–Kier alpha value is -1.52. The van der Waals surface area contributed by atoms with Crippen molar-refractivity contribution < 1.29 is 8.42 Å². The van der Waals surface area contributed by atoms with Crippen LogP contribution in [0.3, 0.4) is 0 Å². The molecule has 0 saturated heterocycles. The van der Waals surface area contributed by atoms with Crippen molar-refractivity contribution in [3.05, 3.63) is 53.1 Å². The number of rotatable bonds is 2. The van der Waals surface area contributed by atoms with Gasteiger partial charge in [0.15, 0.2) is 0 Å². The highest BCUT2D eigenvalue weighted by atomic mass is 35.5. The smallest absolute Gasteiger partial charge is 0.206 e. The zero-order chi connectivity index (χ0) is 13.3. The lowest BCUT2D eigenvalue weighted by Gasteiger charge is -2.06. The summed E-state index contributed by atoms with van der Waals surface area (Å²) in [4.78, 5) is 0.388. The molecule has 5 heteroatoms. The van der Waals surface area contributed by atoms with E-state index in [0.717, 1.165) is 5.56 Å². The summed E-state index contributed by atoms with van der Waals surface area (Å²) < 4.78 is 24.6. The molecule has 0 radical (unpaired) electrons. The first-order chi connectivity index (χ1) is 8.41. The average molecular weight is 282 g/mol. The molecular formula is C13H12ClNO2S. The van der Waals surface area contributed by atoms with Crippen molar-refractivity contribution in [2.75, 3.05) is 5.73 Å². The Labute approximate surface area is 111 Å². The molecule has 0 unspecified atom stereocenters. The van der Waals surface area contributed by atoms with Gasteiger partial charge in [0.1, 0.15) is 0 Å². The zero-order valence-electron chi connectivity index (χ0n) is 9.72. The van der Waals surface area contributed by atoms with Crippen molar-refractivity contribution in [2.24, 2.45) is 0 Å². The molecule has 94 valence electrons. The third kappa shape index (κ3) is 2.35. The van der Waals surface area contributed by atoms with E-state index < -0.39 is 9.84 Å². The molecule has 0 aromatic heterocycles. The first kappa shape index (κ1) is 12.9. The van der Waals surface area contributed by atoms with Gasteiger partial charge in [-0.15, -0.1) is 0 Å². The van der Waals surface area contributed by atoms with Crippen LogP contribution < -0.4 is 5.73 Å². The molecule has 0 aliphatic carbocycles. The van der Waals surface area contributed by atoms with Crippen molar-refractivity contribution >= 4 is 27.1 Å². The minimum atomic E-state index is -3.54. The molecule has 0 heterocycles. The first-order valence-electron chi connectivity index (χ1n) is 5.28. The second-order valence-electron chi connectivity index (χ2n) is 4.00. The molecular weight excluding hydrogens is 270 g/mol. The number of nitrogen functional groups attached to an aromatic ring is 1. The fraction of sp³-hybridized carbons (Fsp3) is 0.0769. The Morgan fingerprint density at radius 2 is 1.56 bits per heavy atom. The molecule has 0 spiro atoms. The van der Waals surface area contributed by atoms with Gasteiger partial charge in [-0.05, 0) is 37.3 Å². The van der Waals surface area contributed by atoms with E-state index in [4.69, 9.17) is 17.3 Å². The van der Waals surface area contributed by atoms with E-state index in [1.807, 2.05) is 6.92 Å². The standard InChI is InChI=1S/C13H12ClNO2S/c1-9-2-4-10(5-3-9)18(16,17)11-6-7-13(15)12(14)8-11/h2-8H,15H2,1H3. The molecule has 2 aromatic carbocycles. The fourth-order valence-corrected chi connectivity index (χ4v) is 3.06. The molecule has 2 N–H and O–H groups in total. The Morgan fingerprint density at radius 3 is 2.11 bits per heavy atom. The van der Waals surface area contributed by atoms with Crippen LogP contribution in [0, 0.1) is 6.92 Å². The number of benzene rings is 2. The summed E-state index contributed by atoms with van der Waals surface area (Å²) in [7, 11) is -3.54. The van der Waals surface area contributed by atoms with E-state index in [2.05, 4.69) is 0 Å². The highest BCUT2D eigenvalue weighted by molar-refractivity contribution is 7.91. The second-order valence-corrected chi connectivity index (χ2v) is 6.36. The van der Waals surface area contributed by atoms with Gasteiger partial charge >= 0.3 is 0 Å². The monoisotopic (exact) mass is 281 g/mol. The van der Waals surface area contributed by atoms with Crippen molar-refractivity contribution in [3.63, 3.8) is 0 Å². The van der Waals surface area contributed by atoms with Gasteiger partial charge in [-0.25, -0.2) is 8.42 Å². The van der Waals surface area contributed by atoms with Crippen LogP contribution >= 0.6 is 11.6 Å². The number of halogens is 1. The highest BCUT2D eigenvalue weighted by Crippen LogP contribution is 2.26. The summed E-state index contributed by atoms with van der Waals surface area (Å²) in [6.07, 6.45) is 0. The van der Waals surface area contributed by atoms with Gasteiger partial charge in [0, 0.05) is 0 Å². The maximum absolute atomic E-state index is 12.3. The molecule has 0 aliphatic rings. The summed E-state index contributed by atoms with van der Waals surface area (Å²) >= 11 is 5.84. The summed E-state index contributed by atoms with van der Waals surface area (Å²) in [5, 5.41) is 0.239. The number of sulfone groups is 1. The summed E-state index contributed by atoms with van der Waals surface area (Å²) in [5.74, 6) is 0. The number of hydrogen-bond donors (Lipinski definition) is 1. The highest BCUT2D eigenvalue weighted by Gasteiger charge is 2.18. The molecule has 2 aromatic rings. The molecule has 0 fully saturated rings. The van der Waals surface area contributed by atoms with Gasteiger partial charge in [-0.3, -0.25) is 0 Å². The van der Waals surface area contributed by atoms with Gasteiger partial charge in [0.05, 0.1) is 20.5 Å². The van der Waals surface area contributed by atoms with Crippen LogP contribution in [0.2, 0.25) is 5.02 Å². The molecule has 0 atom stereocenters. The molecule has 0 aliphatic heterocycles. The number of aryl methyl sites for hydroxylation is 1. The Bertz CT molecular complexity index is 679. The van der Waals surface area contributed by atoms with E-state index in [-0.39, 0.29) is 14.8 Å².